The highest BCUT2D eigenvalue weighted by atomic mass is 16.2. The van der Waals surface area contributed by atoms with Gasteiger partial charge in [-0.25, -0.2) is 0 Å². The number of nitrogens with one attached hydrogen (secondary N) is 2. The van der Waals surface area contributed by atoms with Crippen LogP contribution in [0.5, 0.6) is 0 Å². The molecule has 4 heteroatoms. The third kappa shape index (κ3) is 2.26. The average molecular weight is 206 g/mol. The predicted octanol–water partition coefficient (Wildman–Crippen LogP) is 0.903. The van der Waals surface area contributed by atoms with E-state index in [4.69, 9.17) is 0 Å². The molecule has 0 aromatic carbocycles. The monoisotopic (exact) mass is 206 g/mol. The minimum atomic E-state index is -0.191. The van der Waals surface area contributed by atoms with Crippen LogP contribution in [-0.2, 0) is 0 Å². The summed E-state index contributed by atoms with van der Waals surface area (Å²) in [6.45, 7) is 2.17. The number of aromatic amines is 1. The topological polar surface area (TPSA) is 62.0 Å². The van der Waals surface area contributed by atoms with Crippen LogP contribution in [0.4, 0.5) is 0 Å². The lowest BCUT2D eigenvalue weighted by Gasteiger charge is -2.33. The van der Waals surface area contributed by atoms with E-state index in [9.17, 15) is 9.59 Å². The maximum atomic E-state index is 11.6. The van der Waals surface area contributed by atoms with Crippen molar-refractivity contribution < 1.29 is 4.79 Å². The molecule has 1 amide bonds. The molecule has 0 unspecified atom stereocenters. The molecule has 0 radical (unpaired) electrons. The molecule has 1 aliphatic rings. The van der Waals surface area contributed by atoms with Crippen molar-refractivity contribution in [2.24, 2.45) is 5.92 Å². The molecule has 1 fully saturated rings. The van der Waals surface area contributed by atoms with E-state index in [2.05, 4.69) is 17.2 Å². The fourth-order valence-electron chi connectivity index (χ4n) is 1.84. The average Bonchev–Trinajstić information content (AvgIpc) is 2.16. The van der Waals surface area contributed by atoms with Gasteiger partial charge in [0.2, 0.25) is 5.56 Å². The van der Waals surface area contributed by atoms with Crippen LogP contribution in [0.2, 0.25) is 0 Å². The van der Waals surface area contributed by atoms with Gasteiger partial charge in [-0.3, -0.25) is 9.59 Å². The summed E-state index contributed by atoms with van der Waals surface area (Å²) in [6, 6.07) is 3.20. The number of hydrogen-bond acceptors (Lipinski definition) is 2. The fraction of sp³-hybridized carbons (Fsp3) is 0.455. The van der Waals surface area contributed by atoms with Crippen molar-refractivity contribution in [1.29, 1.82) is 0 Å². The zero-order valence-corrected chi connectivity index (χ0v) is 8.62. The third-order valence-electron chi connectivity index (χ3n) is 2.76. The summed E-state index contributed by atoms with van der Waals surface area (Å²) in [4.78, 5) is 24.9. The number of carbonyl (C=O) groups is 1. The third-order valence-corrected chi connectivity index (χ3v) is 2.76. The van der Waals surface area contributed by atoms with E-state index in [-0.39, 0.29) is 11.5 Å². The molecule has 2 N–H and O–H groups in total. The number of carbonyl (C=O) groups excluding carboxylic acids is 1. The Bertz CT molecular complexity index is 398. The highest BCUT2D eigenvalue weighted by Gasteiger charge is 2.26. The minimum absolute atomic E-state index is 0.108. The van der Waals surface area contributed by atoms with Gasteiger partial charge in [0.05, 0.1) is 5.56 Å². The normalized spacial score (nSPS) is 24.3. The van der Waals surface area contributed by atoms with Crippen LogP contribution in [0.15, 0.2) is 23.1 Å². The van der Waals surface area contributed by atoms with Gasteiger partial charge in [-0.1, -0.05) is 6.92 Å². The summed E-state index contributed by atoms with van der Waals surface area (Å²) in [5.41, 5.74) is 0.318. The summed E-state index contributed by atoms with van der Waals surface area (Å²) < 4.78 is 0. The van der Waals surface area contributed by atoms with Gasteiger partial charge in [0.1, 0.15) is 0 Å². The number of rotatable bonds is 2. The summed E-state index contributed by atoms with van der Waals surface area (Å²) in [6.07, 6.45) is 3.55. The maximum absolute atomic E-state index is 11.6. The summed E-state index contributed by atoms with van der Waals surface area (Å²) >= 11 is 0. The number of aromatic nitrogens is 1. The Morgan fingerprint density at radius 3 is 2.73 bits per heavy atom. The van der Waals surface area contributed by atoms with E-state index in [0.29, 0.717) is 17.5 Å². The highest BCUT2D eigenvalue weighted by Crippen LogP contribution is 2.26. The van der Waals surface area contributed by atoms with E-state index in [1.54, 1.807) is 0 Å². The van der Waals surface area contributed by atoms with Crippen molar-refractivity contribution in [1.82, 2.24) is 10.3 Å². The molecule has 1 aromatic rings. The van der Waals surface area contributed by atoms with Crippen molar-refractivity contribution in [2.75, 3.05) is 0 Å². The lowest BCUT2D eigenvalue weighted by Crippen LogP contribution is -2.43. The van der Waals surface area contributed by atoms with Crippen molar-refractivity contribution in [2.45, 2.75) is 25.8 Å². The molecule has 0 bridgehead atoms. The van der Waals surface area contributed by atoms with Crippen LogP contribution >= 0.6 is 0 Å². The molecule has 1 aromatic heterocycles. The Hall–Kier alpha value is -1.58. The first-order chi connectivity index (χ1) is 7.15. The van der Waals surface area contributed by atoms with Gasteiger partial charge < -0.3 is 10.3 Å². The van der Waals surface area contributed by atoms with Gasteiger partial charge in [-0.15, -0.1) is 0 Å². The van der Waals surface area contributed by atoms with E-state index in [0.717, 1.165) is 12.8 Å². The van der Waals surface area contributed by atoms with Crippen LogP contribution < -0.4 is 10.9 Å². The van der Waals surface area contributed by atoms with E-state index in [1.165, 1.54) is 18.3 Å². The molecular formula is C11H14N2O2. The smallest absolute Gasteiger partial charge is 0.252 e. The first-order valence-corrected chi connectivity index (χ1v) is 5.15. The first kappa shape index (κ1) is 9.96. The van der Waals surface area contributed by atoms with Crippen LogP contribution in [0, 0.1) is 5.92 Å². The van der Waals surface area contributed by atoms with Crippen LogP contribution in [-0.4, -0.2) is 16.9 Å². The van der Waals surface area contributed by atoms with Crippen molar-refractivity contribution in [3.8, 4) is 0 Å². The zero-order chi connectivity index (χ0) is 10.8. The van der Waals surface area contributed by atoms with Gasteiger partial charge in [0, 0.05) is 18.3 Å². The maximum Gasteiger partial charge on any atom is 0.252 e. The molecule has 80 valence electrons. The lowest BCUT2D eigenvalue weighted by atomic mass is 9.82. The first-order valence-electron chi connectivity index (χ1n) is 5.15. The molecule has 0 saturated heterocycles. The molecule has 1 aliphatic carbocycles. The van der Waals surface area contributed by atoms with Crippen molar-refractivity contribution in [3.05, 3.63) is 34.2 Å². The van der Waals surface area contributed by atoms with Crippen LogP contribution in [0.1, 0.15) is 30.1 Å². The SMILES string of the molecule is CC1CC(NC(=O)c2ccc(=O)[nH]c2)C1. The molecule has 0 spiro atoms. The molecular weight excluding hydrogens is 192 g/mol. The predicted molar refractivity (Wildman–Crippen MR) is 56.7 cm³/mol. The Morgan fingerprint density at radius 1 is 1.47 bits per heavy atom. The molecule has 0 aliphatic heterocycles. The Kier molecular flexibility index (Phi) is 2.58. The van der Waals surface area contributed by atoms with Crippen LogP contribution in [0.3, 0.4) is 0 Å². The van der Waals surface area contributed by atoms with E-state index in [1.807, 2.05) is 0 Å². The van der Waals surface area contributed by atoms with Gasteiger partial charge in [-0.05, 0) is 24.8 Å². The largest absolute Gasteiger partial charge is 0.349 e. The molecule has 1 heterocycles. The molecule has 4 nitrogen and oxygen atoms in total. The zero-order valence-electron chi connectivity index (χ0n) is 8.62. The number of H-pyrrole nitrogens is 1. The van der Waals surface area contributed by atoms with Gasteiger partial charge in [0.15, 0.2) is 0 Å². The summed E-state index contributed by atoms with van der Waals surface area (Å²) in [5.74, 6) is 0.606. The second-order valence-electron chi connectivity index (χ2n) is 4.19. The van der Waals surface area contributed by atoms with Gasteiger partial charge in [-0.2, -0.15) is 0 Å². The molecule has 1 saturated carbocycles. The quantitative estimate of drug-likeness (QED) is 0.755. The van der Waals surface area contributed by atoms with E-state index < -0.39 is 0 Å². The molecule has 0 atom stereocenters. The second-order valence-corrected chi connectivity index (χ2v) is 4.19. The standard InChI is InChI=1S/C11H14N2O2/c1-7-4-9(5-7)13-11(15)8-2-3-10(14)12-6-8/h2-3,6-7,9H,4-5H2,1H3,(H,12,14)(H,13,15). The minimum Gasteiger partial charge on any atom is -0.349 e. The Balaban J connectivity index is 1.96. The van der Waals surface area contributed by atoms with Crippen molar-refractivity contribution >= 4 is 5.91 Å². The summed E-state index contributed by atoms with van der Waals surface area (Å²) in [5, 5.41) is 2.92. The molecule has 2 rings (SSSR count). The number of hydrogen-bond donors (Lipinski definition) is 2. The Labute approximate surface area is 87.7 Å². The highest BCUT2D eigenvalue weighted by molar-refractivity contribution is 5.94. The van der Waals surface area contributed by atoms with Gasteiger partial charge in [0.25, 0.3) is 5.91 Å². The fourth-order valence-corrected chi connectivity index (χ4v) is 1.84. The number of pyridine rings is 1. The van der Waals surface area contributed by atoms with Crippen molar-refractivity contribution in [3.63, 3.8) is 0 Å². The Morgan fingerprint density at radius 2 is 2.20 bits per heavy atom. The second kappa shape index (κ2) is 3.88. The van der Waals surface area contributed by atoms with E-state index >= 15 is 0 Å². The lowest BCUT2D eigenvalue weighted by molar-refractivity contribution is 0.0895. The van der Waals surface area contributed by atoms with Gasteiger partial charge >= 0.3 is 0 Å². The summed E-state index contributed by atoms with van der Waals surface area (Å²) in [7, 11) is 0. The number of amides is 1. The molecule has 15 heavy (non-hydrogen) atoms. The van der Waals surface area contributed by atoms with Crippen LogP contribution in [0.25, 0.3) is 0 Å².